The summed E-state index contributed by atoms with van der Waals surface area (Å²) in [5.41, 5.74) is 2.26. The number of nitrogens with zero attached hydrogens (tertiary/aromatic N) is 1. The Bertz CT molecular complexity index is 371. The number of nitrogens with one attached hydrogen (secondary N) is 1. The predicted molar refractivity (Wildman–Crippen MR) is 71.9 cm³/mol. The third-order valence-electron chi connectivity index (χ3n) is 2.76. The van der Waals surface area contributed by atoms with Crippen molar-refractivity contribution in [2.45, 2.75) is 13.3 Å². The number of carbonyl (C=O) groups is 1. The molecule has 1 amide bonds. The van der Waals surface area contributed by atoms with Crippen LogP contribution in [-0.4, -0.2) is 37.6 Å². The Morgan fingerprint density at radius 2 is 2.22 bits per heavy atom. The predicted octanol–water partition coefficient (Wildman–Crippen LogP) is 2.01. The molecule has 0 aromatic rings. The average Bonchev–Trinajstić information content (AvgIpc) is 2.63. The highest BCUT2D eigenvalue weighted by atomic mass is 32.7. The van der Waals surface area contributed by atoms with Crippen molar-refractivity contribution in [3.8, 4) is 0 Å². The summed E-state index contributed by atoms with van der Waals surface area (Å²) in [7, 11) is 2.67. The van der Waals surface area contributed by atoms with Gasteiger partial charge in [-0.3, -0.25) is 10.2 Å². The molecule has 0 aromatic heterocycles. The molecule has 0 spiro atoms. The maximum Gasteiger partial charge on any atom is 0.389 e. The van der Waals surface area contributed by atoms with E-state index in [1.165, 1.54) is 14.2 Å². The average molecular weight is 294 g/mol. The van der Waals surface area contributed by atoms with Crippen LogP contribution in [0.3, 0.4) is 0 Å². The van der Waals surface area contributed by atoms with E-state index in [0.717, 1.165) is 11.4 Å². The van der Waals surface area contributed by atoms with E-state index in [9.17, 15) is 9.36 Å². The van der Waals surface area contributed by atoms with Crippen molar-refractivity contribution >= 4 is 24.1 Å². The first kappa shape index (κ1) is 15.7. The van der Waals surface area contributed by atoms with E-state index < -0.39 is 12.2 Å². The summed E-state index contributed by atoms with van der Waals surface area (Å²) in [4.78, 5) is 11.8. The van der Waals surface area contributed by atoms with Gasteiger partial charge in [-0.25, -0.2) is 9.57 Å². The molecule has 1 atom stereocenters. The molecule has 1 rings (SSSR count). The minimum absolute atomic E-state index is 0.0485. The lowest BCUT2D eigenvalue weighted by Gasteiger charge is -2.20. The number of allylic oxidation sites excluding steroid dienone is 1. The molecular formula is C10H19N2O4PS. The Morgan fingerprint density at radius 3 is 2.72 bits per heavy atom. The Hall–Kier alpha value is -0.330. The van der Waals surface area contributed by atoms with Crippen molar-refractivity contribution < 1.29 is 18.4 Å². The lowest BCUT2D eigenvalue weighted by atomic mass is 9.87. The number of hydrazine groups is 1. The van der Waals surface area contributed by atoms with E-state index in [4.69, 9.17) is 9.05 Å². The van der Waals surface area contributed by atoms with Crippen LogP contribution >= 0.6 is 18.2 Å². The second kappa shape index (κ2) is 6.21. The molecule has 0 bridgehead atoms. The molecule has 1 saturated heterocycles. The molecular weight excluding hydrogens is 275 g/mol. The van der Waals surface area contributed by atoms with E-state index in [1.807, 2.05) is 6.92 Å². The highest BCUT2D eigenvalue weighted by Gasteiger charge is 2.41. The van der Waals surface area contributed by atoms with E-state index in [2.05, 4.69) is 12.0 Å². The van der Waals surface area contributed by atoms with Gasteiger partial charge in [0.2, 0.25) is 5.91 Å². The van der Waals surface area contributed by atoms with Crippen molar-refractivity contribution in [2.75, 3.05) is 26.6 Å². The van der Waals surface area contributed by atoms with Gasteiger partial charge in [0.1, 0.15) is 0 Å². The Labute approximate surface area is 111 Å². The maximum absolute atomic E-state index is 11.8. The van der Waals surface area contributed by atoms with Gasteiger partial charge < -0.3 is 9.05 Å². The van der Waals surface area contributed by atoms with Crippen LogP contribution in [0.4, 0.5) is 0 Å². The zero-order chi connectivity index (χ0) is 13.8. The largest absolute Gasteiger partial charge is 0.389 e. The summed E-state index contributed by atoms with van der Waals surface area (Å²) in [6.45, 7) is 2.96. The molecule has 0 radical (unpaired) electrons. The molecule has 6 nitrogen and oxygen atoms in total. The second-order valence-electron chi connectivity index (χ2n) is 4.26. The Kier molecular flexibility index (Phi) is 5.43. The molecule has 1 aliphatic heterocycles. The third-order valence-corrected chi connectivity index (χ3v) is 6.59. The number of rotatable bonds is 7. The zero-order valence-electron chi connectivity index (χ0n) is 10.8. The Morgan fingerprint density at radius 1 is 1.61 bits per heavy atom. The molecule has 1 heterocycles. The molecule has 18 heavy (non-hydrogen) atoms. The summed E-state index contributed by atoms with van der Waals surface area (Å²) in [5, 5.41) is 1.71. The van der Waals surface area contributed by atoms with Gasteiger partial charge >= 0.3 is 6.80 Å². The molecule has 1 unspecified atom stereocenters. The van der Waals surface area contributed by atoms with Gasteiger partial charge in [-0.1, -0.05) is 6.08 Å². The van der Waals surface area contributed by atoms with Gasteiger partial charge in [-0.15, -0.1) is 6.58 Å². The highest BCUT2D eigenvalue weighted by molar-refractivity contribution is 8.55. The minimum Gasteiger partial charge on any atom is -0.304 e. The van der Waals surface area contributed by atoms with Crippen LogP contribution in [0.25, 0.3) is 0 Å². The molecule has 1 aliphatic rings. The van der Waals surface area contributed by atoms with Crippen LogP contribution in [0.2, 0.25) is 0 Å². The summed E-state index contributed by atoms with van der Waals surface area (Å²) in [5.74, 6) is 0.296. The smallest absolute Gasteiger partial charge is 0.304 e. The Balaban J connectivity index is 2.55. The van der Waals surface area contributed by atoms with Crippen LogP contribution in [0.5, 0.6) is 0 Å². The molecule has 1 fully saturated rings. The summed E-state index contributed by atoms with van der Waals surface area (Å²) >= 11 is 1.04. The van der Waals surface area contributed by atoms with Crippen molar-refractivity contribution in [3.63, 3.8) is 0 Å². The fraction of sp³-hybridized carbons (Fsp3) is 0.700. The molecule has 0 aliphatic carbocycles. The summed E-state index contributed by atoms with van der Waals surface area (Å²) < 4.78 is 21.5. The van der Waals surface area contributed by atoms with Gasteiger partial charge in [0.25, 0.3) is 0 Å². The second-order valence-corrected chi connectivity index (χ2v) is 8.52. The number of hydrogen-bond acceptors (Lipinski definition) is 6. The van der Waals surface area contributed by atoms with Crippen LogP contribution in [0.15, 0.2) is 12.7 Å². The van der Waals surface area contributed by atoms with E-state index in [0.29, 0.717) is 18.8 Å². The first-order valence-electron chi connectivity index (χ1n) is 5.42. The van der Waals surface area contributed by atoms with E-state index in [-0.39, 0.29) is 5.91 Å². The van der Waals surface area contributed by atoms with Gasteiger partial charge in [0.05, 0.1) is 11.3 Å². The van der Waals surface area contributed by atoms with Crippen molar-refractivity contribution in [2.24, 2.45) is 5.41 Å². The molecule has 0 saturated carbocycles. The minimum atomic E-state index is -3.11. The number of carbonyl (C=O) groups excluding carboxylic acids is 1. The molecule has 1 N–H and O–H groups in total. The quantitative estimate of drug-likeness (QED) is 0.572. The van der Waals surface area contributed by atoms with Gasteiger partial charge in [0, 0.05) is 20.8 Å². The fourth-order valence-electron chi connectivity index (χ4n) is 1.69. The highest BCUT2D eigenvalue weighted by Crippen LogP contribution is 2.59. The van der Waals surface area contributed by atoms with Crippen LogP contribution in [0, 0.1) is 5.41 Å². The molecule has 0 aromatic carbocycles. The lowest BCUT2D eigenvalue weighted by Crippen LogP contribution is -2.33. The first-order chi connectivity index (χ1) is 8.39. The zero-order valence-corrected chi connectivity index (χ0v) is 12.6. The SMILES string of the molecule is C=CCC1(C)CN(CSP(=O)(OC)OC)NC1=O. The fourth-order valence-corrected chi connectivity index (χ4v) is 3.96. The van der Waals surface area contributed by atoms with E-state index >= 15 is 0 Å². The van der Waals surface area contributed by atoms with Crippen LogP contribution < -0.4 is 5.43 Å². The summed E-state index contributed by atoms with van der Waals surface area (Å²) in [6.07, 6.45) is 2.33. The molecule has 8 heteroatoms. The standard InChI is InChI=1S/C10H19N2O4PS/c1-5-6-10(2)7-12(11-9(10)13)8-18-17(14,15-3)16-4/h5H,1,6-8H2,2-4H3,(H,11,13). The number of amides is 1. The normalized spacial score (nSPS) is 25.2. The summed E-state index contributed by atoms with van der Waals surface area (Å²) in [6, 6.07) is 0. The third kappa shape index (κ3) is 3.59. The first-order valence-corrected chi connectivity index (χ1v) is 8.55. The topological polar surface area (TPSA) is 67.9 Å². The van der Waals surface area contributed by atoms with Crippen LogP contribution in [0.1, 0.15) is 13.3 Å². The van der Waals surface area contributed by atoms with Gasteiger partial charge in [0.15, 0.2) is 0 Å². The number of hydrogen-bond donors (Lipinski definition) is 1. The lowest BCUT2D eigenvalue weighted by molar-refractivity contribution is -0.127. The van der Waals surface area contributed by atoms with Crippen molar-refractivity contribution in [1.29, 1.82) is 0 Å². The van der Waals surface area contributed by atoms with Crippen molar-refractivity contribution in [3.05, 3.63) is 12.7 Å². The van der Waals surface area contributed by atoms with Gasteiger partial charge in [-0.2, -0.15) is 0 Å². The van der Waals surface area contributed by atoms with Crippen LogP contribution in [-0.2, 0) is 18.4 Å². The van der Waals surface area contributed by atoms with Crippen molar-refractivity contribution in [1.82, 2.24) is 10.4 Å². The van der Waals surface area contributed by atoms with Gasteiger partial charge in [-0.05, 0) is 24.7 Å². The maximum atomic E-state index is 11.8. The van der Waals surface area contributed by atoms with E-state index in [1.54, 1.807) is 11.1 Å². The monoisotopic (exact) mass is 294 g/mol. The molecule has 104 valence electrons.